The highest BCUT2D eigenvalue weighted by molar-refractivity contribution is 5.94. The van der Waals surface area contributed by atoms with Crippen LogP contribution in [0.2, 0.25) is 0 Å². The van der Waals surface area contributed by atoms with Crippen LogP contribution in [0.15, 0.2) is 36.4 Å². The Morgan fingerprint density at radius 2 is 2.04 bits per heavy atom. The zero-order valence-electron chi connectivity index (χ0n) is 13.2. The van der Waals surface area contributed by atoms with E-state index in [1.54, 1.807) is 16.6 Å². The fourth-order valence-corrected chi connectivity index (χ4v) is 2.29. The van der Waals surface area contributed by atoms with Gasteiger partial charge in [0.15, 0.2) is 11.5 Å². The minimum Gasteiger partial charge on any atom is -0.369 e. The number of carbonyl (C=O) groups is 1. The van der Waals surface area contributed by atoms with E-state index in [4.69, 9.17) is 0 Å². The Hall–Kier alpha value is -3.03. The summed E-state index contributed by atoms with van der Waals surface area (Å²) in [5, 5.41) is 18.3. The first kappa shape index (κ1) is 15.9. The highest BCUT2D eigenvalue weighted by Gasteiger charge is 2.12. The van der Waals surface area contributed by atoms with Crippen LogP contribution >= 0.6 is 0 Å². The second kappa shape index (κ2) is 7.03. The van der Waals surface area contributed by atoms with Gasteiger partial charge in [0.2, 0.25) is 0 Å². The van der Waals surface area contributed by atoms with Crippen molar-refractivity contribution < 1.29 is 9.18 Å². The van der Waals surface area contributed by atoms with Gasteiger partial charge in [-0.05, 0) is 31.2 Å². The van der Waals surface area contributed by atoms with E-state index in [0.717, 1.165) is 12.4 Å². The Kier molecular flexibility index (Phi) is 4.64. The van der Waals surface area contributed by atoms with Crippen LogP contribution in [0.25, 0.3) is 5.65 Å². The van der Waals surface area contributed by atoms with Gasteiger partial charge in [-0.1, -0.05) is 12.1 Å². The van der Waals surface area contributed by atoms with Gasteiger partial charge in [-0.2, -0.15) is 4.52 Å². The zero-order chi connectivity index (χ0) is 16.9. The van der Waals surface area contributed by atoms with Crippen molar-refractivity contribution in [3.05, 3.63) is 53.6 Å². The largest absolute Gasteiger partial charge is 0.369 e. The molecule has 0 bridgehead atoms. The minimum absolute atomic E-state index is 0.0242. The molecule has 1 aromatic carbocycles. The molecule has 0 spiro atoms. The van der Waals surface area contributed by atoms with Crippen LogP contribution in [-0.2, 0) is 6.42 Å². The van der Waals surface area contributed by atoms with Crippen molar-refractivity contribution in [2.75, 3.05) is 18.4 Å². The Labute approximate surface area is 137 Å². The van der Waals surface area contributed by atoms with Crippen LogP contribution in [0.4, 0.5) is 10.2 Å². The molecule has 0 aliphatic rings. The van der Waals surface area contributed by atoms with E-state index in [2.05, 4.69) is 25.9 Å². The highest BCUT2D eigenvalue weighted by Crippen LogP contribution is 2.08. The lowest BCUT2D eigenvalue weighted by Crippen LogP contribution is -2.27. The molecule has 8 heteroatoms. The number of hydrogen-bond acceptors (Lipinski definition) is 5. The van der Waals surface area contributed by atoms with Gasteiger partial charge in [-0.3, -0.25) is 4.79 Å². The number of rotatable bonds is 6. The van der Waals surface area contributed by atoms with E-state index < -0.39 is 11.7 Å². The lowest BCUT2D eigenvalue weighted by molar-refractivity contribution is 0.0950. The number of nitrogens with zero attached hydrogens (tertiary/aromatic N) is 4. The summed E-state index contributed by atoms with van der Waals surface area (Å²) in [4.78, 5) is 12.0. The van der Waals surface area contributed by atoms with Crippen molar-refractivity contribution in [2.45, 2.75) is 13.3 Å². The summed E-state index contributed by atoms with van der Waals surface area (Å²) in [6, 6.07) is 9.52. The third-order valence-corrected chi connectivity index (χ3v) is 3.44. The van der Waals surface area contributed by atoms with Gasteiger partial charge >= 0.3 is 0 Å². The lowest BCUT2D eigenvalue weighted by atomic mass is 10.2. The van der Waals surface area contributed by atoms with Crippen molar-refractivity contribution in [2.24, 2.45) is 0 Å². The van der Waals surface area contributed by atoms with Crippen LogP contribution in [0.5, 0.6) is 0 Å². The molecular formula is C16H17FN6O. The molecule has 2 N–H and O–H groups in total. The number of nitrogens with one attached hydrogen (secondary N) is 2. The van der Waals surface area contributed by atoms with Crippen molar-refractivity contribution in [3.63, 3.8) is 0 Å². The topological polar surface area (TPSA) is 84.2 Å². The summed E-state index contributed by atoms with van der Waals surface area (Å²) in [5.74, 6) is 0.350. The first-order valence-electron chi connectivity index (χ1n) is 7.67. The molecule has 0 aliphatic carbocycles. The van der Waals surface area contributed by atoms with Gasteiger partial charge in [0, 0.05) is 19.5 Å². The summed E-state index contributed by atoms with van der Waals surface area (Å²) in [6.07, 6.45) is 0.434. The average Bonchev–Trinajstić information content (AvgIpc) is 2.98. The molecule has 0 unspecified atom stereocenters. The predicted octanol–water partition coefficient (Wildman–Crippen LogP) is 1.67. The van der Waals surface area contributed by atoms with Crippen LogP contribution in [-0.4, -0.2) is 38.8 Å². The SMILES string of the molecule is CCNc1ccc2nnc(CCNC(=O)c3ccccc3F)n2n1. The van der Waals surface area contributed by atoms with Gasteiger partial charge in [-0.25, -0.2) is 4.39 Å². The van der Waals surface area contributed by atoms with E-state index in [9.17, 15) is 9.18 Å². The third-order valence-electron chi connectivity index (χ3n) is 3.44. The number of fused-ring (bicyclic) bond motifs is 1. The molecule has 1 amide bonds. The molecule has 24 heavy (non-hydrogen) atoms. The van der Waals surface area contributed by atoms with E-state index >= 15 is 0 Å². The van der Waals surface area contributed by atoms with Gasteiger partial charge < -0.3 is 10.6 Å². The van der Waals surface area contributed by atoms with Crippen molar-refractivity contribution >= 4 is 17.4 Å². The zero-order valence-corrected chi connectivity index (χ0v) is 13.2. The van der Waals surface area contributed by atoms with E-state index in [0.29, 0.717) is 24.4 Å². The summed E-state index contributed by atoms with van der Waals surface area (Å²) in [6.45, 7) is 3.05. The number of halogens is 1. The van der Waals surface area contributed by atoms with Crippen molar-refractivity contribution in [1.82, 2.24) is 25.1 Å². The van der Waals surface area contributed by atoms with Gasteiger partial charge in [0.1, 0.15) is 11.6 Å². The quantitative estimate of drug-likeness (QED) is 0.719. The number of anilines is 1. The van der Waals surface area contributed by atoms with Crippen LogP contribution < -0.4 is 10.6 Å². The molecule has 0 aliphatic heterocycles. The summed E-state index contributed by atoms with van der Waals surface area (Å²) >= 11 is 0. The van der Waals surface area contributed by atoms with Gasteiger partial charge in [-0.15, -0.1) is 15.3 Å². The summed E-state index contributed by atoms with van der Waals surface area (Å²) < 4.78 is 15.2. The van der Waals surface area contributed by atoms with Crippen LogP contribution in [0, 0.1) is 5.82 Å². The molecular weight excluding hydrogens is 311 g/mol. The summed E-state index contributed by atoms with van der Waals surface area (Å²) in [7, 11) is 0. The Morgan fingerprint density at radius 1 is 1.21 bits per heavy atom. The summed E-state index contributed by atoms with van der Waals surface area (Å²) in [5.41, 5.74) is 0.656. The second-order valence-corrected chi connectivity index (χ2v) is 5.12. The van der Waals surface area contributed by atoms with Gasteiger partial charge in [0.25, 0.3) is 5.91 Å². The Bertz CT molecular complexity index is 863. The van der Waals surface area contributed by atoms with E-state index in [1.165, 1.54) is 12.1 Å². The molecule has 0 radical (unpaired) electrons. The van der Waals surface area contributed by atoms with E-state index in [-0.39, 0.29) is 5.56 Å². The smallest absolute Gasteiger partial charge is 0.254 e. The molecule has 0 saturated heterocycles. The number of amides is 1. The lowest BCUT2D eigenvalue weighted by Gasteiger charge is -2.06. The maximum atomic E-state index is 13.6. The standard InChI is InChI=1S/C16H17FN6O/c1-2-18-13-7-8-14-20-21-15(23(14)22-13)9-10-19-16(24)11-5-3-4-6-12(11)17/h3-8H,2,9-10H2,1H3,(H,18,22)(H,19,24). The molecule has 0 fully saturated rings. The molecule has 0 atom stereocenters. The first-order valence-corrected chi connectivity index (χ1v) is 7.67. The number of aromatic nitrogens is 4. The molecule has 2 aromatic heterocycles. The fourth-order valence-electron chi connectivity index (χ4n) is 2.29. The van der Waals surface area contributed by atoms with Crippen molar-refractivity contribution in [1.29, 1.82) is 0 Å². The van der Waals surface area contributed by atoms with Crippen LogP contribution in [0.1, 0.15) is 23.1 Å². The monoisotopic (exact) mass is 328 g/mol. The molecule has 3 rings (SSSR count). The Balaban J connectivity index is 1.66. The number of benzene rings is 1. The number of carbonyl (C=O) groups excluding carboxylic acids is 1. The average molecular weight is 328 g/mol. The number of hydrogen-bond donors (Lipinski definition) is 2. The molecule has 0 saturated carbocycles. The minimum atomic E-state index is -0.542. The maximum absolute atomic E-state index is 13.6. The fraction of sp³-hybridized carbons (Fsp3) is 0.250. The first-order chi connectivity index (χ1) is 11.7. The molecule has 2 heterocycles. The van der Waals surface area contributed by atoms with E-state index in [1.807, 2.05) is 19.1 Å². The Morgan fingerprint density at radius 3 is 2.83 bits per heavy atom. The molecule has 124 valence electrons. The molecule has 3 aromatic rings. The second-order valence-electron chi connectivity index (χ2n) is 5.12. The predicted molar refractivity (Wildman–Crippen MR) is 87.4 cm³/mol. The van der Waals surface area contributed by atoms with Gasteiger partial charge in [0.05, 0.1) is 5.56 Å². The normalized spacial score (nSPS) is 10.8. The third kappa shape index (κ3) is 3.32. The molecule has 7 nitrogen and oxygen atoms in total. The highest BCUT2D eigenvalue weighted by atomic mass is 19.1. The maximum Gasteiger partial charge on any atom is 0.254 e. The van der Waals surface area contributed by atoms with Crippen molar-refractivity contribution in [3.8, 4) is 0 Å². The van der Waals surface area contributed by atoms with Crippen LogP contribution in [0.3, 0.4) is 0 Å².